The van der Waals surface area contributed by atoms with Gasteiger partial charge in [0.25, 0.3) is 5.56 Å². The molecule has 2 aliphatic heterocycles. The fourth-order valence-electron chi connectivity index (χ4n) is 5.26. The van der Waals surface area contributed by atoms with E-state index in [1.807, 2.05) is 12.3 Å². The zero-order chi connectivity index (χ0) is 23.9. The fraction of sp³-hybridized carbons (Fsp3) is 0.480. The van der Waals surface area contributed by atoms with Crippen LogP contribution in [0.15, 0.2) is 35.4 Å². The summed E-state index contributed by atoms with van der Waals surface area (Å²) in [7, 11) is 2.14. The van der Waals surface area contributed by atoms with E-state index in [1.54, 1.807) is 21.7 Å². The van der Waals surface area contributed by atoms with E-state index >= 15 is 0 Å². The van der Waals surface area contributed by atoms with Crippen molar-refractivity contribution in [2.45, 2.75) is 38.1 Å². The predicted octanol–water partition coefficient (Wildman–Crippen LogP) is 2.53. The Labute approximate surface area is 203 Å². The van der Waals surface area contributed by atoms with Crippen molar-refractivity contribution in [1.82, 2.24) is 24.4 Å². The summed E-state index contributed by atoms with van der Waals surface area (Å²) >= 11 is 0. The van der Waals surface area contributed by atoms with E-state index in [0.29, 0.717) is 36.1 Å². The number of pyridine rings is 2. The highest BCUT2D eigenvalue weighted by Gasteiger charge is 2.31. The second-order valence-corrected chi connectivity index (χ2v) is 9.73. The number of rotatable bonds is 5. The Balaban J connectivity index is 1.30. The number of β-lactam (4-membered cyclic amide) rings is 1. The monoisotopic (exact) mass is 474 g/mol. The third-order valence-corrected chi connectivity index (χ3v) is 7.44. The Hall–Kier alpha value is -3.53. The lowest BCUT2D eigenvalue weighted by molar-refractivity contribution is -0.122. The second-order valence-electron chi connectivity index (χ2n) is 9.73. The van der Waals surface area contributed by atoms with Gasteiger partial charge in [0.1, 0.15) is 17.2 Å². The van der Waals surface area contributed by atoms with Gasteiger partial charge in [0.15, 0.2) is 0 Å². The van der Waals surface area contributed by atoms with Gasteiger partial charge >= 0.3 is 0 Å². The summed E-state index contributed by atoms with van der Waals surface area (Å²) in [5, 5.41) is 3.96. The standard InChI is InChI=1S/C25H30N8O2/c1-30-10-12-31(13-11-30)19-6-7-21(26-16-19)28-25-27-15-17-14-20(32-9-8-22(32)34)24(35)33(23(17)29-25)18-4-2-3-5-18/h6-7,14-16,18H,2-5,8-13H2,1H3,(H,26,27,28,29). The largest absolute Gasteiger partial charge is 0.368 e. The number of piperazine rings is 1. The maximum absolute atomic E-state index is 13.5. The molecule has 5 heterocycles. The smallest absolute Gasteiger partial charge is 0.276 e. The molecule has 1 aliphatic carbocycles. The number of hydrogen-bond acceptors (Lipinski definition) is 8. The molecule has 3 aromatic rings. The van der Waals surface area contributed by atoms with E-state index in [1.165, 1.54) is 0 Å². The number of amides is 1. The highest BCUT2D eigenvalue weighted by molar-refractivity contribution is 6.00. The normalized spacial score (nSPS) is 19.4. The van der Waals surface area contributed by atoms with Gasteiger partial charge < -0.3 is 20.0 Å². The van der Waals surface area contributed by atoms with Gasteiger partial charge in [-0.15, -0.1) is 0 Å². The minimum Gasteiger partial charge on any atom is -0.368 e. The number of fused-ring (bicyclic) bond motifs is 1. The molecule has 3 fully saturated rings. The Bertz CT molecular complexity index is 1310. The van der Waals surface area contributed by atoms with Crippen molar-refractivity contribution in [2.24, 2.45) is 0 Å². The van der Waals surface area contributed by atoms with E-state index in [-0.39, 0.29) is 17.5 Å². The van der Waals surface area contributed by atoms with Crippen LogP contribution in [0.1, 0.15) is 38.1 Å². The molecule has 10 nitrogen and oxygen atoms in total. The van der Waals surface area contributed by atoms with Gasteiger partial charge in [-0.05, 0) is 38.1 Å². The molecule has 35 heavy (non-hydrogen) atoms. The predicted molar refractivity (Wildman–Crippen MR) is 136 cm³/mol. The van der Waals surface area contributed by atoms with Crippen molar-refractivity contribution in [1.29, 1.82) is 0 Å². The van der Waals surface area contributed by atoms with E-state index in [2.05, 4.69) is 38.2 Å². The summed E-state index contributed by atoms with van der Waals surface area (Å²) < 4.78 is 1.79. The molecule has 1 saturated carbocycles. The van der Waals surface area contributed by atoms with Crippen molar-refractivity contribution in [3.63, 3.8) is 0 Å². The molecule has 1 N–H and O–H groups in total. The number of anilines is 4. The molecule has 0 atom stereocenters. The molecule has 3 aliphatic rings. The molecular weight excluding hydrogens is 444 g/mol. The van der Waals surface area contributed by atoms with Crippen LogP contribution in [0.2, 0.25) is 0 Å². The molecule has 0 spiro atoms. The molecule has 0 radical (unpaired) electrons. The zero-order valence-electron chi connectivity index (χ0n) is 20.0. The maximum Gasteiger partial charge on any atom is 0.276 e. The molecule has 3 aromatic heterocycles. The Morgan fingerprint density at radius 3 is 2.43 bits per heavy atom. The van der Waals surface area contributed by atoms with Gasteiger partial charge in [0, 0.05) is 56.8 Å². The first-order valence-electron chi connectivity index (χ1n) is 12.5. The number of nitrogens with one attached hydrogen (secondary N) is 1. The SMILES string of the molecule is CN1CCN(c2ccc(Nc3ncc4cc(N5CCC5=O)c(=O)n(C5CCCC5)c4n3)nc2)CC1. The summed E-state index contributed by atoms with van der Waals surface area (Å²) in [6, 6.07) is 5.84. The van der Waals surface area contributed by atoms with Crippen LogP contribution in [0.4, 0.5) is 23.1 Å². The summed E-state index contributed by atoms with van der Waals surface area (Å²) in [6.07, 6.45) is 8.14. The highest BCUT2D eigenvalue weighted by atomic mass is 16.2. The van der Waals surface area contributed by atoms with Gasteiger partial charge in [-0.25, -0.2) is 9.97 Å². The maximum atomic E-state index is 13.5. The number of carbonyl (C=O) groups is 1. The Kier molecular flexibility index (Phi) is 5.60. The number of likely N-dealkylation sites (N-methyl/N-ethyl adjacent to an activating group) is 1. The average molecular weight is 475 g/mol. The van der Waals surface area contributed by atoms with Crippen molar-refractivity contribution in [3.05, 3.63) is 40.9 Å². The van der Waals surface area contributed by atoms with Crippen molar-refractivity contribution in [3.8, 4) is 0 Å². The van der Waals surface area contributed by atoms with Gasteiger partial charge in [-0.1, -0.05) is 12.8 Å². The quantitative estimate of drug-likeness (QED) is 0.563. The fourth-order valence-corrected chi connectivity index (χ4v) is 5.26. The lowest BCUT2D eigenvalue weighted by Crippen LogP contribution is -2.47. The molecule has 2 saturated heterocycles. The van der Waals surface area contributed by atoms with Crippen LogP contribution in [0, 0.1) is 0 Å². The first-order valence-corrected chi connectivity index (χ1v) is 12.5. The first-order chi connectivity index (χ1) is 17.1. The number of nitrogens with zero attached hydrogens (tertiary/aromatic N) is 7. The molecule has 0 aromatic carbocycles. The topological polar surface area (TPSA) is 99.5 Å². The third-order valence-electron chi connectivity index (χ3n) is 7.44. The zero-order valence-corrected chi connectivity index (χ0v) is 20.0. The summed E-state index contributed by atoms with van der Waals surface area (Å²) in [6.45, 7) is 4.65. The lowest BCUT2D eigenvalue weighted by Gasteiger charge is -2.33. The van der Waals surface area contributed by atoms with Crippen molar-refractivity contribution in [2.75, 3.05) is 54.9 Å². The Morgan fingerprint density at radius 1 is 0.971 bits per heavy atom. The summed E-state index contributed by atoms with van der Waals surface area (Å²) in [5.41, 5.74) is 2.00. The van der Waals surface area contributed by atoms with Crippen molar-refractivity contribution >= 4 is 40.1 Å². The molecule has 0 unspecified atom stereocenters. The highest BCUT2D eigenvalue weighted by Crippen LogP contribution is 2.32. The van der Waals surface area contributed by atoms with E-state index in [9.17, 15) is 9.59 Å². The first kappa shape index (κ1) is 22.0. The lowest BCUT2D eigenvalue weighted by atomic mass is 10.1. The molecule has 0 bridgehead atoms. The van der Waals surface area contributed by atoms with Gasteiger partial charge in [0.2, 0.25) is 11.9 Å². The number of aromatic nitrogens is 4. The van der Waals surface area contributed by atoms with Crippen LogP contribution in [-0.2, 0) is 4.79 Å². The minimum atomic E-state index is -0.142. The van der Waals surface area contributed by atoms with Gasteiger partial charge in [-0.3, -0.25) is 14.2 Å². The van der Waals surface area contributed by atoms with E-state index in [4.69, 9.17) is 4.98 Å². The Morgan fingerprint density at radius 2 is 1.77 bits per heavy atom. The summed E-state index contributed by atoms with van der Waals surface area (Å²) in [4.78, 5) is 45.6. The average Bonchev–Trinajstić information content (AvgIpc) is 3.39. The van der Waals surface area contributed by atoms with Crippen LogP contribution in [0.25, 0.3) is 11.0 Å². The minimum absolute atomic E-state index is 0.00952. The van der Waals surface area contributed by atoms with Crippen molar-refractivity contribution < 1.29 is 4.79 Å². The molecule has 10 heteroatoms. The van der Waals surface area contributed by atoms with Crippen LogP contribution >= 0.6 is 0 Å². The second kappa shape index (κ2) is 8.92. The van der Waals surface area contributed by atoms with Crippen LogP contribution in [0.5, 0.6) is 0 Å². The number of hydrogen-bond donors (Lipinski definition) is 1. The van der Waals surface area contributed by atoms with E-state index < -0.39 is 0 Å². The summed E-state index contributed by atoms with van der Waals surface area (Å²) in [5.74, 6) is 1.04. The van der Waals surface area contributed by atoms with Crippen LogP contribution in [0.3, 0.4) is 0 Å². The van der Waals surface area contributed by atoms with Crippen LogP contribution < -0.4 is 20.7 Å². The van der Waals surface area contributed by atoms with Gasteiger partial charge in [-0.2, -0.15) is 4.98 Å². The molecular formula is C25H30N8O2. The third kappa shape index (κ3) is 4.12. The van der Waals surface area contributed by atoms with E-state index in [0.717, 1.165) is 62.9 Å². The molecule has 6 rings (SSSR count). The van der Waals surface area contributed by atoms with Gasteiger partial charge in [0.05, 0.1) is 11.9 Å². The van der Waals surface area contributed by atoms with Crippen LogP contribution in [-0.4, -0.2) is 70.1 Å². The number of carbonyl (C=O) groups excluding carboxylic acids is 1. The molecule has 1 amide bonds. The molecule has 182 valence electrons.